The highest BCUT2D eigenvalue weighted by atomic mass is 19.3. The van der Waals surface area contributed by atoms with Crippen LogP contribution in [-0.2, 0) is 6.42 Å². The van der Waals surface area contributed by atoms with Crippen LogP contribution in [0.15, 0.2) is 12.1 Å². The van der Waals surface area contributed by atoms with Crippen molar-refractivity contribution in [2.75, 3.05) is 0 Å². The molecule has 4 nitrogen and oxygen atoms in total. The summed E-state index contributed by atoms with van der Waals surface area (Å²) in [4.78, 5) is 9.33. The van der Waals surface area contributed by atoms with Crippen LogP contribution in [0.3, 0.4) is 0 Å². The van der Waals surface area contributed by atoms with Gasteiger partial charge in [0.2, 0.25) is 5.92 Å². The van der Waals surface area contributed by atoms with Gasteiger partial charge in [0.1, 0.15) is 0 Å². The summed E-state index contributed by atoms with van der Waals surface area (Å²) in [6.45, 7) is 3.92. The molecule has 4 rings (SSSR count). The number of rotatable bonds is 4. The van der Waals surface area contributed by atoms with E-state index in [9.17, 15) is 8.78 Å². The number of hydrogen-bond acceptors (Lipinski definition) is 3. The van der Waals surface area contributed by atoms with E-state index in [0.717, 1.165) is 35.6 Å². The molecule has 2 aliphatic carbocycles. The number of alkyl halides is 2. The van der Waals surface area contributed by atoms with Gasteiger partial charge in [-0.15, -0.1) is 0 Å². The van der Waals surface area contributed by atoms with Gasteiger partial charge < -0.3 is 0 Å². The van der Waals surface area contributed by atoms with Crippen molar-refractivity contribution in [2.45, 2.75) is 64.2 Å². The maximum Gasteiger partial charge on any atom is 0.251 e. The van der Waals surface area contributed by atoms with Gasteiger partial charge in [-0.25, -0.2) is 23.4 Å². The van der Waals surface area contributed by atoms with Gasteiger partial charge >= 0.3 is 0 Å². The number of hydrogen-bond donors (Lipinski definition) is 0. The van der Waals surface area contributed by atoms with Gasteiger partial charge in [-0.1, -0.05) is 0 Å². The highest BCUT2D eigenvalue weighted by Gasteiger charge is 2.39. The van der Waals surface area contributed by atoms with Crippen LogP contribution >= 0.6 is 0 Å². The molecule has 2 aliphatic rings. The fraction of sp³-hybridized carbons (Fsp3) is 0.611. The minimum absolute atomic E-state index is 0.00253. The number of aromatic nitrogens is 4. The second-order valence-corrected chi connectivity index (χ2v) is 7.37. The zero-order valence-corrected chi connectivity index (χ0v) is 14.1. The monoisotopic (exact) mass is 332 g/mol. The third-order valence-electron chi connectivity index (χ3n) is 4.99. The smallest absolute Gasteiger partial charge is 0.216 e. The first-order valence-electron chi connectivity index (χ1n) is 8.69. The zero-order valence-electron chi connectivity index (χ0n) is 14.1. The second kappa shape index (κ2) is 5.60. The Morgan fingerprint density at radius 3 is 2.54 bits per heavy atom. The average Bonchev–Trinajstić information content (AvgIpc) is 3.22. The summed E-state index contributed by atoms with van der Waals surface area (Å²) in [7, 11) is 0. The minimum Gasteiger partial charge on any atom is -0.216 e. The molecule has 0 spiro atoms. The molecule has 0 aliphatic heterocycles. The molecule has 0 amide bonds. The lowest BCUT2D eigenvalue weighted by atomic mass is 10.0. The molecule has 0 saturated heterocycles. The van der Waals surface area contributed by atoms with E-state index in [0.29, 0.717) is 24.7 Å². The lowest BCUT2D eigenvalue weighted by molar-refractivity contribution is 0.00505. The Balaban J connectivity index is 1.65. The Hall–Kier alpha value is -1.85. The highest BCUT2D eigenvalue weighted by molar-refractivity contribution is 5.26. The summed E-state index contributed by atoms with van der Waals surface area (Å²) < 4.78 is 28.7. The van der Waals surface area contributed by atoms with Crippen LogP contribution in [0, 0.1) is 19.8 Å². The van der Waals surface area contributed by atoms with Crippen molar-refractivity contribution < 1.29 is 8.78 Å². The number of aryl methyl sites for hydroxylation is 2. The van der Waals surface area contributed by atoms with E-state index in [-0.39, 0.29) is 18.8 Å². The van der Waals surface area contributed by atoms with Gasteiger partial charge in [-0.05, 0) is 57.6 Å². The molecule has 0 radical (unpaired) electrons. The number of halogens is 2. The lowest BCUT2D eigenvalue weighted by Crippen LogP contribution is -2.13. The van der Waals surface area contributed by atoms with Crippen LogP contribution in [0.25, 0.3) is 5.95 Å². The summed E-state index contributed by atoms with van der Waals surface area (Å²) in [6.07, 6.45) is 3.45. The third-order valence-corrected chi connectivity index (χ3v) is 4.99. The quantitative estimate of drug-likeness (QED) is 0.845. The van der Waals surface area contributed by atoms with Crippen molar-refractivity contribution in [1.82, 2.24) is 19.7 Å². The molecular weight excluding hydrogens is 310 g/mol. The normalized spacial score (nSPS) is 22.9. The summed E-state index contributed by atoms with van der Waals surface area (Å²) >= 11 is 0. The summed E-state index contributed by atoms with van der Waals surface area (Å²) in [5.41, 5.74) is 3.81. The van der Waals surface area contributed by atoms with Crippen LogP contribution in [-0.4, -0.2) is 25.7 Å². The van der Waals surface area contributed by atoms with Crippen LogP contribution in [0.1, 0.15) is 60.8 Å². The van der Waals surface area contributed by atoms with Gasteiger partial charge in [0, 0.05) is 35.8 Å². The predicted molar refractivity (Wildman–Crippen MR) is 86.6 cm³/mol. The maximum atomic E-state index is 13.5. The van der Waals surface area contributed by atoms with Crippen LogP contribution < -0.4 is 0 Å². The van der Waals surface area contributed by atoms with E-state index in [1.807, 2.05) is 26.0 Å². The zero-order chi connectivity index (χ0) is 16.9. The largest absolute Gasteiger partial charge is 0.251 e. The molecule has 128 valence electrons. The van der Waals surface area contributed by atoms with Gasteiger partial charge in [-0.2, -0.15) is 5.10 Å². The fourth-order valence-corrected chi connectivity index (χ4v) is 3.63. The first-order valence-corrected chi connectivity index (χ1v) is 8.69. The van der Waals surface area contributed by atoms with Gasteiger partial charge in [0.15, 0.2) is 0 Å². The Morgan fingerprint density at radius 2 is 1.96 bits per heavy atom. The summed E-state index contributed by atoms with van der Waals surface area (Å²) in [6, 6.07) is 4.01. The topological polar surface area (TPSA) is 43.6 Å². The third kappa shape index (κ3) is 3.19. The van der Waals surface area contributed by atoms with Gasteiger partial charge in [-0.3, -0.25) is 0 Å². The molecule has 1 atom stereocenters. The minimum atomic E-state index is -2.50. The Morgan fingerprint density at radius 1 is 1.17 bits per heavy atom. The van der Waals surface area contributed by atoms with Gasteiger partial charge in [0.25, 0.3) is 5.95 Å². The molecule has 2 fully saturated rings. The van der Waals surface area contributed by atoms with Crippen LogP contribution in [0.5, 0.6) is 0 Å². The standard InChI is InChI=1S/C18H22F2N4/c1-11-7-12(2)24(23-11)17-21-15(9-16(22-17)14-3-4-14)8-13-5-6-18(19,20)10-13/h7,9,13-14H,3-6,8,10H2,1-2H3. The van der Waals surface area contributed by atoms with E-state index in [1.165, 1.54) is 0 Å². The van der Waals surface area contributed by atoms with Crippen LogP contribution in [0.4, 0.5) is 8.78 Å². The Kier molecular flexibility index (Phi) is 3.66. The fourth-order valence-electron chi connectivity index (χ4n) is 3.63. The Bertz CT molecular complexity index is 764. The molecule has 0 bridgehead atoms. The van der Waals surface area contributed by atoms with Crippen molar-refractivity contribution in [3.05, 3.63) is 34.9 Å². The van der Waals surface area contributed by atoms with Crippen molar-refractivity contribution in [3.63, 3.8) is 0 Å². The van der Waals surface area contributed by atoms with E-state index >= 15 is 0 Å². The predicted octanol–water partition coefficient (Wildman–Crippen LogP) is 4.13. The molecule has 1 unspecified atom stereocenters. The average molecular weight is 332 g/mol. The molecule has 2 heterocycles. The van der Waals surface area contributed by atoms with E-state index < -0.39 is 5.92 Å². The van der Waals surface area contributed by atoms with Crippen molar-refractivity contribution in [2.24, 2.45) is 5.92 Å². The molecule has 24 heavy (non-hydrogen) atoms. The van der Waals surface area contributed by atoms with E-state index in [4.69, 9.17) is 0 Å². The SMILES string of the molecule is Cc1cc(C)n(-c2nc(CC3CCC(F)(F)C3)cc(C3CC3)n2)n1. The summed E-state index contributed by atoms with van der Waals surface area (Å²) in [5.74, 6) is -1.43. The first kappa shape index (κ1) is 15.7. The Labute approximate surface area is 140 Å². The molecule has 2 aromatic heterocycles. The molecule has 0 N–H and O–H groups in total. The van der Waals surface area contributed by atoms with Crippen molar-refractivity contribution >= 4 is 0 Å². The van der Waals surface area contributed by atoms with Gasteiger partial charge in [0.05, 0.1) is 5.69 Å². The maximum absolute atomic E-state index is 13.5. The highest BCUT2D eigenvalue weighted by Crippen LogP contribution is 2.42. The summed E-state index contributed by atoms with van der Waals surface area (Å²) in [5, 5.41) is 4.47. The van der Waals surface area contributed by atoms with Crippen molar-refractivity contribution in [1.29, 1.82) is 0 Å². The van der Waals surface area contributed by atoms with Crippen molar-refractivity contribution in [3.8, 4) is 5.95 Å². The molecular formula is C18H22F2N4. The molecule has 2 saturated carbocycles. The molecule has 0 aromatic carbocycles. The number of nitrogens with zero attached hydrogens (tertiary/aromatic N) is 4. The second-order valence-electron chi connectivity index (χ2n) is 7.37. The lowest BCUT2D eigenvalue weighted by Gasteiger charge is -2.12. The first-order chi connectivity index (χ1) is 11.4. The van der Waals surface area contributed by atoms with E-state index in [1.54, 1.807) is 4.68 Å². The van der Waals surface area contributed by atoms with Crippen LogP contribution in [0.2, 0.25) is 0 Å². The molecule has 2 aromatic rings. The molecule has 6 heteroatoms. The van der Waals surface area contributed by atoms with E-state index in [2.05, 4.69) is 15.1 Å².